The van der Waals surface area contributed by atoms with Gasteiger partial charge in [-0.1, -0.05) is 56.3 Å². The predicted molar refractivity (Wildman–Crippen MR) is 123 cm³/mol. The standard InChI is InChI=1S/C24H28N4O.ClH/c1-16(2)17-8-10-18(11-9-17)22(25)15-26-24(29)21-14-27-28(23(21)19-12-13-19)20-6-4-3-5-7-20;/h3-11,14,16,19,22H,12-13,15,25H2,1-2H3,(H,26,29);1H. The smallest absolute Gasteiger partial charge is 0.254 e. The molecular formula is C24H29ClN4O. The van der Waals surface area contributed by atoms with Crippen molar-refractivity contribution < 1.29 is 4.79 Å². The molecular weight excluding hydrogens is 396 g/mol. The van der Waals surface area contributed by atoms with Crippen molar-refractivity contribution in [1.29, 1.82) is 0 Å². The molecule has 0 bridgehead atoms. The number of halogens is 1. The van der Waals surface area contributed by atoms with Crippen molar-refractivity contribution in [3.05, 3.63) is 83.2 Å². The average Bonchev–Trinajstić information content (AvgIpc) is 3.50. The number of nitrogens with zero attached hydrogens (tertiary/aromatic N) is 2. The Morgan fingerprint density at radius 1 is 1.10 bits per heavy atom. The maximum absolute atomic E-state index is 12.9. The monoisotopic (exact) mass is 424 g/mol. The molecule has 1 heterocycles. The molecule has 0 aliphatic heterocycles. The van der Waals surface area contributed by atoms with Gasteiger partial charge in [-0.05, 0) is 42.0 Å². The molecule has 1 aliphatic rings. The van der Waals surface area contributed by atoms with Crippen molar-refractivity contribution in [2.24, 2.45) is 5.73 Å². The first-order chi connectivity index (χ1) is 14.0. The highest BCUT2D eigenvalue weighted by Gasteiger charge is 2.32. The molecule has 5 nitrogen and oxygen atoms in total. The Bertz CT molecular complexity index is 978. The van der Waals surface area contributed by atoms with Gasteiger partial charge in [0.25, 0.3) is 5.91 Å². The lowest BCUT2D eigenvalue weighted by atomic mass is 9.99. The van der Waals surface area contributed by atoms with E-state index in [1.807, 2.05) is 35.0 Å². The normalized spacial score (nSPS) is 14.3. The third-order valence-electron chi connectivity index (χ3n) is 5.53. The van der Waals surface area contributed by atoms with Gasteiger partial charge >= 0.3 is 0 Å². The van der Waals surface area contributed by atoms with E-state index < -0.39 is 0 Å². The molecule has 1 unspecified atom stereocenters. The van der Waals surface area contributed by atoms with Crippen LogP contribution in [0.25, 0.3) is 5.69 Å². The molecule has 3 N–H and O–H groups in total. The van der Waals surface area contributed by atoms with E-state index in [-0.39, 0.29) is 24.4 Å². The molecule has 1 aliphatic carbocycles. The third kappa shape index (κ3) is 4.74. The van der Waals surface area contributed by atoms with Gasteiger partial charge in [-0.3, -0.25) is 4.79 Å². The largest absolute Gasteiger partial charge is 0.350 e. The number of amides is 1. The van der Waals surface area contributed by atoms with E-state index in [2.05, 4.69) is 48.5 Å². The molecule has 2 aromatic carbocycles. The number of nitrogens with one attached hydrogen (secondary N) is 1. The molecule has 158 valence electrons. The molecule has 6 heteroatoms. The topological polar surface area (TPSA) is 72.9 Å². The summed E-state index contributed by atoms with van der Waals surface area (Å²) in [5.74, 6) is 0.779. The van der Waals surface area contributed by atoms with Gasteiger partial charge in [-0.15, -0.1) is 12.4 Å². The van der Waals surface area contributed by atoms with Gasteiger partial charge in [0.15, 0.2) is 0 Å². The lowest BCUT2D eigenvalue weighted by Crippen LogP contribution is -2.32. The van der Waals surface area contributed by atoms with Crippen LogP contribution in [0.2, 0.25) is 0 Å². The van der Waals surface area contributed by atoms with Gasteiger partial charge in [-0.2, -0.15) is 5.10 Å². The second-order valence-electron chi connectivity index (χ2n) is 8.10. The van der Waals surface area contributed by atoms with E-state index in [1.165, 1.54) is 5.56 Å². The Morgan fingerprint density at radius 2 is 1.73 bits per heavy atom. The van der Waals surface area contributed by atoms with Gasteiger partial charge in [0.05, 0.1) is 23.1 Å². The highest BCUT2D eigenvalue weighted by atomic mass is 35.5. The summed E-state index contributed by atoms with van der Waals surface area (Å²) in [6.07, 6.45) is 3.87. The minimum atomic E-state index is -0.242. The van der Waals surface area contributed by atoms with E-state index in [9.17, 15) is 4.79 Å². The van der Waals surface area contributed by atoms with E-state index in [0.717, 1.165) is 29.8 Å². The minimum absolute atomic E-state index is 0. The molecule has 0 radical (unpaired) electrons. The molecule has 1 fully saturated rings. The number of para-hydroxylation sites is 1. The van der Waals surface area contributed by atoms with Crippen LogP contribution in [-0.4, -0.2) is 22.2 Å². The van der Waals surface area contributed by atoms with Crippen molar-refractivity contribution in [2.75, 3.05) is 6.54 Å². The van der Waals surface area contributed by atoms with Gasteiger partial charge in [0, 0.05) is 18.5 Å². The summed E-state index contributed by atoms with van der Waals surface area (Å²) in [6.45, 7) is 4.73. The molecule has 0 saturated heterocycles. The average molecular weight is 425 g/mol. The van der Waals surface area contributed by atoms with Crippen LogP contribution < -0.4 is 11.1 Å². The zero-order valence-corrected chi connectivity index (χ0v) is 18.2. The Labute approximate surface area is 184 Å². The lowest BCUT2D eigenvalue weighted by Gasteiger charge is -2.15. The lowest BCUT2D eigenvalue weighted by molar-refractivity contribution is 0.0950. The molecule has 1 amide bonds. The van der Waals surface area contributed by atoms with Crippen LogP contribution in [0.3, 0.4) is 0 Å². The predicted octanol–water partition coefficient (Wildman–Crippen LogP) is 4.72. The summed E-state index contributed by atoms with van der Waals surface area (Å²) in [7, 11) is 0. The van der Waals surface area contributed by atoms with Crippen LogP contribution in [0.1, 0.15) is 71.7 Å². The number of nitrogens with two attached hydrogens (primary N) is 1. The number of hydrogen-bond donors (Lipinski definition) is 2. The SMILES string of the molecule is CC(C)c1ccc(C(N)CNC(=O)c2cnn(-c3ccccc3)c2C2CC2)cc1.Cl. The van der Waals surface area contributed by atoms with Gasteiger partial charge in [0.2, 0.25) is 0 Å². The molecule has 1 atom stereocenters. The fourth-order valence-electron chi connectivity index (χ4n) is 3.60. The number of hydrogen-bond acceptors (Lipinski definition) is 3. The number of rotatable bonds is 7. The zero-order valence-electron chi connectivity index (χ0n) is 17.4. The van der Waals surface area contributed by atoms with Crippen molar-refractivity contribution >= 4 is 18.3 Å². The molecule has 3 aromatic rings. The quantitative estimate of drug-likeness (QED) is 0.576. The Kier molecular flexibility index (Phi) is 6.95. The molecule has 1 aromatic heterocycles. The Morgan fingerprint density at radius 3 is 2.33 bits per heavy atom. The minimum Gasteiger partial charge on any atom is -0.350 e. The second-order valence-corrected chi connectivity index (χ2v) is 8.10. The maximum atomic E-state index is 12.9. The van der Waals surface area contributed by atoms with Crippen molar-refractivity contribution in [3.8, 4) is 5.69 Å². The van der Waals surface area contributed by atoms with E-state index in [1.54, 1.807) is 6.20 Å². The van der Waals surface area contributed by atoms with E-state index in [0.29, 0.717) is 23.9 Å². The van der Waals surface area contributed by atoms with Crippen molar-refractivity contribution in [3.63, 3.8) is 0 Å². The maximum Gasteiger partial charge on any atom is 0.254 e. The molecule has 1 saturated carbocycles. The fraction of sp³-hybridized carbons (Fsp3) is 0.333. The zero-order chi connectivity index (χ0) is 20.4. The summed E-state index contributed by atoms with van der Waals surface area (Å²) in [5, 5.41) is 7.51. The first-order valence-corrected chi connectivity index (χ1v) is 10.3. The second kappa shape index (κ2) is 9.45. The first kappa shape index (κ1) is 22.1. The third-order valence-corrected chi connectivity index (χ3v) is 5.53. The number of carbonyl (C=O) groups excluding carboxylic acids is 1. The number of benzene rings is 2. The van der Waals surface area contributed by atoms with E-state index >= 15 is 0 Å². The first-order valence-electron chi connectivity index (χ1n) is 10.3. The summed E-state index contributed by atoms with van der Waals surface area (Å²) in [6, 6.07) is 18.0. The van der Waals surface area contributed by atoms with Crippen LogP contribution in [0.4, 0.5) is 0 Å². The van der Waals surface area contributed by atoms with Gasteiger partial charge in [-0.25, -0.2) is 4.68 Å². The summed E-state index contributed by atoms with van der Waals surface area (Å²) in [4.78, 5) is 12.9. The molecule has 30 heavy (non-hydrogen) atoms. The van der Waals surface area contributed by atoms with Gasteiger partial charge < -0.3 is 11.1 Å². The summed E-state index contributed by atoms with van der Waals surface area (Å²) >= 11 is 0. The van der Waals surface area contributed by atoms with Gasteiger partial charge in [0.1, 0.15) is 0 Å². The summed E-state index contributed by atoms with van der Waals surface area (Å²) < 4.78 is 1.90. The fourth-order valence-corrected chi connectivity index (χ4v) is 3.60. The van der Waals surface area contributed by atoms with Crippen molar-refractivity contribution in [1.82, 2.24) is 15.1 Å². The van der Waals surface area contributed by atoms with Crippen LogP contribution in [0.15, 0.2) is 60.8 Å². The summed E-state index contributed by atoms with van der Waals surface area (Å²) in [5.41, 5.74) is 11.3. The highest BCUT2D eigenvalue weighted by molar-refractivity contribution is 5.95. The van der Waals surface area contributed by atoms with Crippen LogP contribution in [-0.2, 0) is 0 Å². The Balaban J connectivity index is 0.00000256. The highest BCUT2D eigenvalue weighted by Crippen LogP contribution is 2.42. The Hall–Kier alpha value is -2.63. The van der Waals surface area contributed by atoms with Crippen LogP contribution >= 0.6 is 12.4 Å². The van der Waals surface area contributed by atoms with Crippen LogP contribution in [0.5, 0.6) is 0 Å². The number of aromatic nitrogens is 2. The molecule has 4 rings (SSSR count). The molecule has 0 spiro atoms. The van der Waals surface area contributed by atoms with Crippen molar-refractivity contribution in [2.45, 2.75) is 44.6 Å². The van der Waals surface area contributed by atoms with Crippen LogP contribution in [0, 0.1) is 0 Å². The van der Waals surface area contributed by atoms with E-state index in [4.69, 9.17) is 5.73 Å². The number of carbonyl (C=O) groups is 1.